The molecule has 0 aliphatic heterocycles. The molecule has 0 aromatic carbocycles. The summed E-state index contributed by atoms with van der Waals surface area (Å²) in [7, 11) is 0. The third-order valence-electron chi connectivity index (χ3n) is 0.816. The number of hydrogen-bond acceptors (Lipinski definition) is 3. The molecule has 0 aliphatic carbocycles. The molecule has 0 saturated carbocycles. The Balaban J connectivity index is 4.10. The van der Waals surface area contributed by atoms with E-state index in [1.807, 2.05) is 13.8 Å². The molecule has 0 fully saturated rings. The Morgan fingerprint density at radius 1 is 1.55 bits per heavy atom. The van der Waals surface area contributed by atoms with Crippen LogP contribution in [0.4, 0.5) is 0 Å². The first-order chi connectivity index (χ1) is 5.06. The van der Waals surface area contributed by atoms with Crippen molar-refractivity contribution in [3.8, 4) is 0 Å². The van der Waals surface area contributed by atoms with E-state index in [1.54, 1.807) is 6.08 Å². The van der Waals surface area contributed by atoms with Crippen LogP contribution in [0, 0.1) is 0 Å². The monoisotopic (exact) mass is 220 g/mol. The molecule has 4 heteroatoms. The Hall–Kier alpha value is -0.640. The van der Waals surface area contributed by atoms with Gasteiger partial charge in [0.15, 0.2) is 0 Å². The molecule has 0 radical (unpaired) electrons. The Kier molecular flexibility index (Phi) is 4.77. The number of halogens is 1. The van der Waals surface area contributed by atoms with E-state index in [-0.39, 0.29) is 6.10 Å². The van der Waals surface area contributed by atoms with Crippen molar-refractivity contribution in [3.05, 3.63) is 22.6 Å². The van der Waals surface area contributed by atoms with Gasteiger partial charge in [-0.1, -0.05) is 0 Å². The third-order valence-corrected chi connectivity index (χ3v) is 1.05. The number of allylic oxidation sites excluding steroid dienone is 1. The molecule has 64 valence electrons. The van der Waals surface area contributed by atoms with Crippen molar-refractivity contribution in [2.75, 3.05) is 0 Å². The van der Waals surface area contributed by atoms with Crippen LogP contribution < -0.4 is 11.5 Å². The molecule has 0 aliphatic rings. The Morgan fingerprint density at radius 2 is 2.09 bits per heavy atom. The van der Waals surface area contributed by atoms with Crippen molar-refractivity contribution in [1.29, 1.82) is 0 Å². The van der Waals surface area contributed by atoms with Gasteiger partial charge >= 0.3 is 0 Å². The van der Waals surface area contributed by atoms with E-state index >= 15 is 0 Å². The van der Waals surface area contributed by atoms with Crippen LogP contribution in [0.3, 0.4) is 0 Å². The van der Waals surface area contributed by atoms with Crippen LogP contribution in [0.2, 0.25) is 0 Å². The van der Waals surface area contributed by atoms with Crippen molar-refractivity contribution < 1.29 is 4.74 Å². The Bertz CT molecular complexity index is 171. The van der Waals surface area contributed by atoms with Gasteiger partial charge in [-0.25, -0.2) is 0 Å². The molecular formula is C7H13BrN2O. The molecule has 0 saturated heterocycles. The average Bonchev–Trinajstić information content (AvgIpc) is 1.84. The Morgan fingerprint density at radius 3 is 2.36 bits per heavy atom. The molecule has 0 aromatic rings. The van der Waals surface area contributed by atoms with Crippen LogP contribution >= 0.6 is 15.9 Å². The summed E-state index contributed by atoms with van der Waals surface area (Å²) >= 11 is 3.07. The minimum atomic E-state index is 0.105. The van der Waals surface area contributed by atoms with Crippen molar-refractivity contribution in [2.45, 2.75) is 20.0 Å². The highest BCUT2D eigenvalue weighted by atomic mass is 79.9. The van der Waals surface area contributed by atoms with Crippen molar-refractivity contribution >= 4 is 15.9 Å². The lowest BCUT2D eigenvalue weighted by atomic mass is 10.4. The van der Waals surface area contributed by atoms with Gasteiger partial charge in [-0.15, -0.1) is 0 Å². The highest BCUT2D eigenvalue weighted by Gasteiger charge is 1.96. The largest absolute Gasteiger partial charge is 0.489 e. The zero-order chi connectivity index (χ0) is 8.85. The topological polar surface area (TPSA) is 61.3 Å². The first kappa shape index (κ1) is 10.4. The minimum absolute atomic E-state index is 0.105. The number of nitrogens with two attached hydrogens (primary N) is 2. The normalized spacial score (nSPS) is 13.8. The lowest BCUT2D eigenvalue weighted by Gasteiger charge is -2.09. The smallest absolute Gasteiger partial charge is 0.137 e. The maximum atomic E-state index is 5.35. The van der Waals surface area contributed by atoms with Gasteiger partial charge in [-0.05, 0) is 29.8 Å². The zero-order valence-electron chi connectivity index (χ0n) is 6.67. The molecule has 0 spiro atoms. The predicted octanol–water partition coefficient (Wildman–Crippen LogP) is 1.41. The van der Waals surface area contributed by atoms with Crippen LogP contribution in [0.25, 0.3) is 0 Å². The van der Waals surface area contributed by atoms with Crippen LogP contribution in [-0.2, 0) is 4.74 Å². The van der Waals surface area contributed by atoms with Gasteiger partial charge in [0.05, 0.1) is 10.7 Å². The first-order valence-electron chi connectivity index (χ1n) is 3.27. The molecule has 11 heavy (non-hydrogen) atoms. The summed E-state index contributed by atoms with van der Waals surface area (Å²) in [6, 6.07) is 0. The maximum absolute atomic E-state index is 5.35. The van der Waals surface area contributed by atoms with E-state index in [0.29, 0.717) is 10.4 Å². The minimum Gasteiger partial charge on any atom is -0.489 e. The van der Waals surface area contributed by atoms with Gasteiger partial charge < -0.3 is 16.2 Å². The molecular weight excluding hydrogens is 208 g/mol. The van der Waals surface area contributed by atoms with E-state index in [4.69, 9.17) is 16.2 Å². The summed E-state index contributed by atoms with van der Waals surface area (Å²) in [6.07, 6.45) is 3.08. The zero-order valence-corrected chi connectivity index (χ0v) is 8.26. The van der Waals surface area contributed by atoms with E-state index in [0.717, 1.165) is 0 Å². The molecule has 3 nitrogen and oxygen atoms in total. The fraction of sp³-hybridized carbons (Fsp3) is 0.429. The van der Waals surface area contributed by atoms with Crippen LogP contribution in [0.1, 0.15) is 13.8 Å². The second-order valence-electron chi connectivity index (χ2n) is 2.26. The van der Waals surface area contributed by atoms with Gasteiger partial charge in [0.25, 0.3) is 0 Å². The predicted molar refractivity (Wildman–Crippen MR) is 49.7 cm³/mol. The average molecular weight is 221 g/mol. The quantitative estimate of drug-likeness (QED) is 0.430. The molecule has 0 rings (SSSR count). The number of rotatable bonds is 3. The second kappa shape index (κ2) is 5.07. The maximum Gasteiger partial charge on any atom is 0.137 e. The van der Waals surface area contributed by atoms with E-state index in [1.165, 1.54) is 6.20 Å². The number of hydrogen-bond donors (Lipinski definition) is 2. The summed E-state index contributed by atoms with van der Waals surface area (Å²) in [6.45, 7) is 3.84. The second-order valence-corrected chi connectivity index (χ2v) is 3.18. The van der Waals surface area contributed by atoms with Gasteiger partial charge in [-0.3, -0.25) is 0 Å². The third kappa shape index (κ3) is 5.79. The summed E-state index contributed by atoms with van der Waals surface area (Å²) in [4.78, 5) is 0. The summed E-state index contributed by atoms with van der Waals surface area (Å²) in [5.41, 5.74) is 10.6. The first-order valence-corrected chi connectivity index (χ1v) is 4.06. The highest BCUT2D eigenvalue weighted by Crippen LogP contribution is 2.06. The fourth-order valence-corrected chi connectivity index (χ4v) is 0.755. The fourth-order valence-electron chi connectivity index (χ4n) is 0.529. The molecule has 0 unspecified atom stereocenters. The molecule has 0 atom stereocenters. The Labute approximate surface area is 75.2 Å². The standard InChI is InChI=1S/C7H13BrN2O/c1-5(2)11-6(4-9)3-7(8)10/h3-5H,9-10H2,1-2H3/b6-4+,7-3-. The van der Waals surface area contributed by atoms with Gasteiger partial charge in [0.1, 0.15) is 5.76 Å². The lowest BCUT2D eigenvalue weighted by molar-refractivity contribution is 0.157. The summed E-state index contributed by atoms with van der Waals surface area (Å²) in [5, 5.41) is 0. The van der Waals surface area contributed by atoms with E-state index in [2.05, 4.69) is 15.9 Å². The van der Waals surface area contributed by atoms with Gasteiger partial charge in [0.2, 0.25) is 0 Å². The molecule has 0 bridgehead atoms. The van der Waals surface area contributed by atoms with E-state index in [9.17, 15) is 0 Å². The van der Waals surface area contributed by atoms with Crippen LogP contribution in [-0.4, -0.2) is 6.10 Å². The molecule has 0 aromatic heterocycles. The highest BCUT2D eigenvalue weighted by molar-refractivity contribution is 9.11. The molecule has 0 amide bonds. The van der Waals surface area contributed by atoms with Crippen molar-refractivity contribution in [1.82, 2.24) is 0 Å². The van der Waals surface area contributed by atoms with Crippen LogP contribution in [0.15, 0.2) is 22.6 Å². The number of ether oxygens (including phenoxy) is 1. The SMILES string of the molecule is CC(C)OC(/C=C(\N)Br)=C/N. The summed E-state index contributed by atoms with van der Waals surface area (Å²) in [5.74, 6) is 0.564. The summed E-state index contributed by atoms with van der Waals surface area (Å²) < 4.78 is 5.76. The van der Waals surface area contributed by atoms with Gasteiger partial charge in [0, 0.05) is 12.3 Å². The lowest BCUT2D eigenvalue weighted by Crippen LogP contribution is -2.03. The van der Waals surface area contributed by atoms with Crippen molar-refractivity contribution in [3.63, 3.8) is 0 Å². The molecule has 4 N–H and O–H groups in total. The van der Waals surface area contributed by atoms with Crippen LogP contribution in [0.5, 0.6) is 0 Å². The van der Waals surface area contributed by atoms with Crippen molar-refractivity contribution in [2.24, 2.45) is 11.5 Å². The van der Waals surface area contributed by atoms with Gasteiger partial charge in [-0.2, -0.15) is 0 Å². The van der Waals surface area contributed by atoms with E-state index < -0.39 is 0 Å². The molecule has 0 heterocycles.